The number of carbonyl (C=O) groups excluding carboxylic acids is 1. The summed E-state index contributed by atoms with van der Waals surface area (Å²) in [6.07, 6.45) is 3.78. The number of esters is 1. The molecule has 0 bridgehead atoms. The van der Waals surface area contributed by atoms with Gasteiger partial charge in [-0.1, -0.05) is 6.42 Å². The van der Waals surface area contributed by atoms with Crippen LogP contribution in [0.15, 0.2) is 18.2 Å². The molecule has 0 atom stereocenters. The highest BCUT2D eigenvalue weighted by molar-refractivity contribution is 5.92. The van der Waals surface area contributed by atoms with Gasteiger partial charge in [-0.2, -0.15) is 0 Å². The first-order valence-corrected chi connectivity index (χ1v) is 7.36. The number of methoxy groups -OCH3 is 2. The van der Waals surface area contributed by atoms with Crippen LogP contribution in [0.1, 0.15) is 29.6 Å². The second kappa shape index (κ2) is 7.88. The number of hydrogen-bond donors (Lipinski definition) is 0. The Labute approximate surface area is 125 Å². The first kappa shape index (κ1) is 15.6. The third-order valence-corrected chi connectivity index (χ3v) is 3.72. The van der Waals surface area contributed by atoms with Crippen LogP contribution in [-0.2, 0) is 4.74 Å². The Hall–Kier alpha value is -1.75. The lowest BCUT2D eigenvalue weighted by Gasteiger charge is -2.25. The van der Waals surface area contributed by atoms with Crippen molar-refractivity contribution in [2.75, 3.05) is 40.5 Å². The zero-order valence-corrected chi connectivity index (χ0v) is 12.8. The van der Waals surface area contributed by atoms with Gasteiger partial charge in [0.1, 0.15) is 23.7 Å². The Morgan fingerprint density at radius 2 is 1.90 bits per heavy atom. The third kappa shape index (κ3) is 4.36. The topological polar surface area (TPSA) is 48.0 Å². The molecule has 0 saturated carbocycles. The smallest absolute Gasteiger partial charge is 0.341 e. The van der Waals surface area contributed by atoms with E-state index >= 15 is 0 Å². The first-order valence-electron chi connectivity index (χ1n) is 7.36. The molecular weight excluding hydrogens is 270 g/mol. The number of hydrogen-bond acceptors (Lipinski definition) is 5. The molecule has 0 radical (unpaired) electrons. The molecule has 1 aliphatic heterocycles. The number of benzene rings is 1. The van der Waals surface area contributed by atoms with E-state index in [2.05, 4.69) is 4.90 Å². The summed E-state index contributed by atoms with van der Waals surface area (Å²) in [5.74, 6) is 0.764. The standard InChI is InChI=1S/C16H23NO4/c1-19-13-6-7-14(15(12-13)20-2)16(18)21-11-10-17-8-4-3-5-9-17/h6-7,12H,3-5,8-11H2,1-2H3. The van der Waals surface area contributed by atoms with Crippen molar-refractivity contribution in [3.05, 3.63) is 23.8 Å². The highest BCUT2D eigenvalue weighted by Gasteiger charge is 2.16. The summed E-state index contributed by atoms with van der Waals surface area (Å²) in [7, 11) is 3.10. The fraction of sp³-hybridized carbons (Fsp3) is 0.562. The molecule has 1 saturated heterocycles. The van der Waals surface area contributed by atoms with E-state index in [0.717, 1.165) is 19.6 Å². The number of piperidine rings is 1. The Kier molecular flexibility index (Phi) is 5.87. The van der Waals surface area contributed by atoms with Crippen LogP contribution in [0, 0.1) is 0 Å². The van der Waals surface area contributed by atoms with Crippen LogP contribution in [-0.4, -0.2) is 51.3 Å². The van der Waals surface area contributed by atoms with Crippen molar-refractivity contribution in [1.29, 1.82) is 0 Å². The quantitative estimate of drug-likeness (QED) is 0.754. The zero-order chi connectivity index (χ0) is 15.1. The highest BCUT2D eigenvalue weighted by atomic mass is 16.5. The van der Waals surface area contributed by atoms with E-state index in [0.29, 0.717) is 23.7 Å². The van der Waals surface area contributed by atoms with Crippen LogP contribution >= 0.6 is 0 Å². The van der Waals surface area contributed by atoms with Crippen LogP contribution < -0.4 is 9.47 Å². The Balaban J connectivity index is 1.87. The summed E-state index contributed by atoms with van der Waals surface area (Å²) in [6, 6.07) is 5.08. The molecule has 1 fully saturated rings. The van der Waals surface area contributed by atoms with Gasteiger partial charge in [0.15, 0.2) is 0 Å². The van der Waals surface area contributed by atoms with Crippen molar-refractivity contribution in [2.24, 2.45) is 0 Å². The normalized spacial score (nSPS) is 15.5. The molecule has 0 spiro atoms. The summed E-state index contributed by atoms with van der Waals surface area (Å²) < 4.78 is 15.7. The fourth-order valence-electron chi connectivity index (χ4n) is 2.50. The molecule has 0 unspecified atom stereocenters. The van der Waals surface area contributed by atoms with Crippen molar-refractivity contribution in [3.63, 3.8) is 0 Å². The van der Waals surface area contributed by atoms with Gasteiger partial charge < -0.3 is 14.2 Å². The maximum atomic E-state index is 12.1. The Morgan fingerprint density at radius 3 is 2.57 bits per heavy atom. The maximum Gasteiger partial charge on any atom is 0.341 e. The molecule has 21 heavy (non-hydrogen) atoms. The summed E-state index contributed by atoms with van der Waals surface area (Å²) in [4.78, 5) is 14.4. The molecule has 1 aromatic rings. The number of ether oxygens (including phenoxy) is 3. The van der Waals surface area contributed by atoms with Gasteiger partial charge in [0.25, 0.3) is 0 Å². The number of rotatable bonds is 6. The van der Waals surface area contributed by atoms with E-state index in [9.17, 15) is 4.79 Å². The Morgan fingerprint density at radius 1 is 1.14 bits per heavy atom. The van der Waals surface area contributed by atoms with Crippen LogP contribution in [0.25, 0.3) is 0 Å². The summed E-state index contributed by atoms with van der Waals surface area (Å²) in [6.45, 7) is 3.41. The lowest BCUT2D eigenvalue weighted by Crippen LogP contribution is -2.33. The molecule has 1 aliphatic rings. The van der Waals surface area contributed by atoms with Gasteiger partial charge in [-0.3, -0.25) is 4.90 Å². The molecule has 0 N–H and O–H groups in total. The van der Waals surface area contributed by atoms with E-state index in [1.807, 2.05) is 0 Å². The molecule has 0 amide bonds. The zero-order valence-electron chi connectivity index (χ0n) is 12.8. The van der Waals surface area contributed by atoms with Crippen molar-refractivity contribution < 1.29 is 19.0 Å². The molecule has 0 aliphatic carbocycles. The number of carbonyl (C=O) groups is 1. The van der Waals surface area contributed by atoms with E-state index < -0.39 is 0 Å². The summed E-state index contributed by atoms with van der Waals surface area (Å²) >= 11 is 0. The largest absolute Gasteiger partial charge is 0.497 e. The molecule has 5 nitrogen and oxygen atoms in total. The van der Waals surface area contributed by atoms with Gasteiger partial charge in [0, 0.05) is 12.6 Å². The van der Waals surface area contributed by atoms with E-state index in [-0.39, 0.29) is 5.97 Å². The molecule has 2 rings (SSSR count). The lowest BCUT2D eigenvalue weighted by molar-refractivity contribution is 0.0448. The molecule has 1 aromatic carbocycles. The fourth-order valence-corrected chi connectivity index (χ4v) is 2.50. The minimum atomic E-state index is -0.355. The molecular formula is C16H23NO4. The van der Waals surface area contributed by atoms with E-state index in [4.69, 9.17) is 14.2 Å². The second-order valence-corrected chi connectivity index (χ2v) is 5.10. The van der Waals surface area contributed by atoms with E-state index in [1.165, 1.54) is 26.4 Å². The summed E-state index contributed by atoms with van der Waals surface area (Å²) in [5, 5.41) is 0. The van der Waals surface area contributed by atoms with Gasteiger partial charge in [-0.15, -0.1) is 0 Å². The van der Waals surface area contributed by atoms with Crippen molar-refractivity contribution in [3.8, 4) is 11.5 Å². The average Bonchev–Trinajstić information content (AvgIpc) is 2.55. The molecule has 0 aromatic heterocycles. The van der Waals surface area contributed by atoms with Gasteiger partial charge in [0.2, 0.25) is 0 Å². The molecule has 1 heterocycles. The average molecular weight is 293 g/mol. The Bertz CT molecular complexity index is 469. The molecule has 116 valence electrons. The van der Waals surface area contributed by atoms with Gasteiger partial charge in [-0.25, -0.2) is 4.79 Å². The van der Waals surface area contributed by atoms with Crippen molar-refractivity contribution >= 4 is 5.97 Å². The summed E-state index contributed by atoms with van der Waals surface area (Å²) in [5.41, 5.74) is 0.428. The van der Waals surface area contributed by atoms with Crippen LogP contribution in [0.4, 0.5) is 0 Å². The number of likely N-dealkylation sites (tertiary alicyclic amines) is 1. The van der Waals surface area contributed by atoms with Crippen molar-refractivity contribution in [2.45, 2.75) is 19.3 Å². The van der Waals surface area contributed by atoms with Crippen LogP contribution in [0.2, 0.25) is 0 Å². The lowest BCUT2D eigenvalue weighted by atomic mass is 10.1. The predicted octanol–water partition coefficient (Wildman–Crippen LogP) is 2.35. The SMILES string of the molecule is COc1ccc(C(=O)OCCN2CCCCC2)c(OC)c1. The number of nitrogens with zero attached hydrogens (tertiary/aromatic N) is 1. The second-order valence-electron chi connectivity index (χ2n) is 5.10. The maximum absolute atomic E-state index is 12.1. The van der Waals surface area contributed by atoms with E-state index in [1.54, 1.807) is 25.3 Å². The van der Waals surface area contributed by atoms with Gasteiger partial charge in [-0.05, 0) is 38.1 Å². The highest BCUT2D eigenvalue weighted by Crippen LogP contribution is 2.25. The third-order valence-electron chi connectivity index (χ3n) is 3.72. The van der Waals surface area contributed by atoms with Crippen molar-refractivity contribution in [1.82, 2.24) is 4.90 Å². The van der Waals surface area contributed by atoms with Crippen LogP contribution in [0.3, 0.4) is 0 Å². The predicted molar refractivity (Wildman–Crippen MR) is 80.1 cm³/mol. The van der Waals surface area contributed by atoms with Gasteiger partial charge >= 0.3 is 5.97 Å². The minimum absolute atomic E-state index is 0.355. The minimum Gasteiger partial charge on any atom is -0.497 e. The molecule has 5 heteroatoms. The van der Waals surface area contributed by atoms with Crippen LogP contribution in [0.5, 0.6) is 11.5 Å². The van der Waals surface area contributed by atoms with Gasteiger partial charge in [0.05, 0.1) is 14.2 Å². The first-order chi connectivity index (χ1) is 10.2. The monoisotopic (exact) mass is 293 g/mol.